The summed E-state index contributed by atoms with van der Waals surface area (Å²) in [6.07, 6.45) is 4.29. The topological polar surface area (TPSA) is 131 Å². The zero-order valence-corrected chi connectivity index (χ0v) is 21.8. The van der Waals surface area contributed by atoms with Gasteiger partial charge in [0.15, 0.2) is 0 Å². The van der Waals surface area contributed by atoms with Crippen LogP contribution in [-0.2, 0) is 11.3 Å². The van der Waals surface area contributed by atoms with Gasteiger partial charge in [-0.3, -0.25) is 10.1 Å². The summed E-state index contributed by atoms with van der Waals surface area (Å²) in [7, 11) is 0. The monoisotopic (exact) mass is 582 g/mol. The normalized spacial score (nSPS) is 18.1. The van der Waals surface area contributed by atoms with Gasteiger partial charge >= 0.3 is 11.8 Å². The molecule has 1 heterocycles. The summed E-state index contributed by atoms with van der Waals surface area (Å²) < 4.78 is 6.44. The minimum absolute atomic E-state index is 0.0797. The van der Waals surface area contributed by atoms with Crippen LogP contribution in [0.25, 0.3) is 0 Å². The second-order valence-corrected chi connectivity index (χ2v) is 10.5. The van der Waals surface area contributed by atoms with Crippen LogP contribution in [0.5, 0.6) is 0 Å². The third kappa shape index (κ3) is 7.96. The fourth-order valence-electron chi connectivity index (χ4n) is 3.77. The van der Waals surface area contributed by atoms with Gasteiger partial charge in [0.2, 0.25) is 11.8 Å². The van der Waals surface area contributed by atoms with Crippen molar-refractivity contribution in [3.8, 4) is 0 Å². The van der Waals surface area contributed by atoms with E-state index in [0.717, 1.165) is 34.8 Å². The van der Waals surface area contributed by atoms with Gasteiger partial charge in [-0.15, -0.1) is 0 Å². The molecule has 1 saturated carbocycles. The highest BCUT2D eigenvalue weighted by Gasteiger charge is 2.26. The molecule has 10 nitrogen and oxygen atoms in total. The van der Waals surface area contributed by atoms with E-state index in [0.29, 0.717) is 25.0 Å². The zero-order chi connectivity index (χ0) is 24.7. The van der Waals surface area contributed by atoms with Crippen molar-refractivity contribution in [1.82, 2.24) is 15.3 Å². The predicted molar refractivity (Wildman–Crippen MR) is 139 cm³/mol. The van der Waals surface area contributed by atoms with Gasteiger partial charge in [0.05, 0.1) is 4.92 Å². The average Bonchev–Trinajstić information content (AvgIpc) is 2.76. The Morgan fingerprint density at radius 2 is 1.91 bits per heavy atom. The summed E-state index contributed by atoms with van der Waals surface area (Å²) in [5.41, 5.74) is 0.418. The first-order valence-corrected chi connectivity index (χ1v) is 12.4. The number of hydrogen-bond acceptors (Lipinski definition) is 8. The van der Waals surface area contributed by atoms with Gasteiger partial charge in [0.1, 0.15) is 11.8 Å². The van der Waals surface area contributed by atoms with Crippen LogP contribution in [0.3, 0.4) is 0 Å². The molecule has 0 bridgehead atoms. The molecule has 2 aromatic rings. The van der Waals surface area contributed by atoms with Crippen molar-refractivity contribution in [2.24, 2.45) is 5.92 Å². The van der Waals surface area contributed by atoms with Gasteiger partial charge in [-0.05, 0) is 86.6 Å². The van der Waals surface area contributed by atoms with E-state index in [1.165, 1.54) is 6.20 Å². The third-order valence-corrected chi connectivity index (χ3v) is 6.54. The van der Waals surface area contributed by atoms with Crippen molar-refractivity contribution in [3.63, 3.8) is 0 Å². The molecule has 11 heteroatoms. The average molecular weight is 582 g/mol. The fraction of sp³-hybridized carbons (Fsp3) is 0.522. The molecule has 1 aromatic heterocycles. The molecule has 0 atom stereocenters. The number of rotatable bonds is 8. The van der Waals surface area contributed by atoms with Crippen LogP contribution in [-0.4, -0.2) is 39.2 Å². The summed E-state index contributed by atoms with van der Waals surface area (Å²) in [6.45, 7) is 6.60. The van der Waals surface area contributed by atoms with Crippen molar-refractivity contribution in [2.75, 3.05) is 17.2 Å². The third-order valence-electron chi connectivity index (χ3n) is 5.49. The number of halogens is 1. The van der Waals surface area contributed by atoms with Crippen LogP contribution in [0.1, 0.15) is 52.0 Å². The number of amides is 1. The molecule has 0 unspecified atom stereocenters. The van der Waals surface area contributed by atoms with Crippen molar-refractivity contribution < 1.29 is 14.5 Å². The Labute approximate surface area is 213 Å². The Balaban J connectivity index is 1.53. The maximum absolute atomic E-state index is 12.0. The Hall–Kier alpha value is -2.70. The molecule has 3 rings (SSSR count). The summed E-state index contributed by atoms with van der Waals surface area (Å²) in [6, 6.07) is 8.03. The molecule has 1 fully saturated rings. The maximum atomic E-state index is 12.0. The SMILES string of the molecule is CC(C)(C)OC(=O)NC1CCC(CNc2nc(NCc3ccccc3I)ncc2[N+](=O)[O-])CC1. The molecule has 0 saturated heterocycles. The number of carbonyl (C=O) groups excluding carboxylic acids is 1. The molecular weight excluding hydrogens is 551 g/mol. The lowest BCUT2D eigenvalue weighted by molar-refractivity contribution is -0.384. The van der Waals surface area contributed by atoms with Crippen molar-refractivity contribution in [2.45, 2.75) is 64.6 Å². The molecule has 1 amide bonds. The van der Waals surface area contributed by atoms with Gasteiger partial charge in [-0.25, -0.2) is 9.78 Å². The second kappa shape index (κ2) is 11.6. The Morgan fingerprint density at radius 3 is 2.56 bits per heavy atom. The Kier molecular flexibility index (Phi) is 8.86. The first-order chi connectivity index (χ1) is 16.1. The van der Waals surface area contributed by atoms with E-state index in [9.17, 15) is 14.9 Å². The molecule has 3 N–H and O–H groups in total. The van der Waals surface area contributed by atoms with E-state index in [-0.39, 0.29) is 17.5 Å². The van der Waals surface area contributed by atoms with Gasteiger partial charge in [0.25, 0.3) is 0 Å². The largest absolute Gasteiger partial charge is 0.444 e. The number of anilines is 2. The van der Waals surface area contributed by atoms with Crippen LogP contribution in [0.2, 0.25) is 0 Å². The molecule has 184 valence electrons. The van der Waals surface area contributed by atoms with E-state index in [2.05, 4.69) is 48.5 Å². The number of benzene rings is 1. The van der Waals surface area contributed by atoms with Gasteiger partial charge < -0.3 is 20.7 Å². The smallest absolute Gasteiger partial charge is 0.407 e. The summed E-state index contributed by atoms with van der Waals surface area (Å²) in [5, 5.41) is 20.7. The second-order valence-electron chi connectivity index (χ2n) is 9.37. The van der Waals surface area contributed by atoms with Crippen LogP contribution >= 0.6 is 22.6 Å². The van der Waals surface area contributed by atoms with E-state index in [4.69, 9.17) is 4.74 Å². The number of ether oxygens (including phenoxy) is 1. The van der Waals surface area contributed by atoms with Crippen molar-refractivity contribution >= 4 is 46.1 Å². The maximum Gasteiger partial charge on any atom is 0.407 e. The van der Waals surface area contributed by atoms with Gasteiger partial charge in [-0.2, -0.15) is 4.98 Å². The van der Waals surface area contributed by atoms with E-state index < -0.39 is 16.6 Å². The van der Waals surface area contributed by atoms with Gasteiger partial charge in [-0.1, -0.05) is 18.2 Å². The fourth-order valence-corrected chi connectivity index (χ4v) is 4.34. The molecule has 0 aliphatic heterocycles. The summed E-state index contributed by atoms with van der Waals surface area (Å²) in [4.78, 5) is 31.4. The quantitative estimate of drug-likeness (QED) is 0.223. The Morgan fingerprint density at radius 1 is 1.21 bits per heavy atom. The number of hydrogen-bond donors (Lipinski definition) is 3. The molecule has 0 spiro atoms. The first-order valence-electron chi connectivity index (χ1n) is 11.3. The number of nitro groups is 1. The lowest BCUT2D eigenvalue weighted by Crippen LogP contribution is -2.41. The summed E-state index contributed by atoms with van der Waals surface area (Å²) >= 11 is 2.26. The van der Waals surface area contributed by atoms with Crippen LogP contribution < -0.4 is 16.0 Å². The van der Waals surface area contributed by atoms with Crippen molar-refractivity contribution in [3.05, 3.63) is 49.7 Å². The van der Waals surface area contributed by atoms with Gasteiger partial charge in [0, 0.05) is 22.7 Å². The highest BCUT2D eigenvalue weighted by atomic mass is 127. The highest BCUT2D eigenvalue weighted by molar-refractivity contribution is 14.1. The van der Waals surface area contributed by atoms with E-state index in [1.807, 2.05) is 45.0 Å². The van der Waals surface area contributed by atoms with E-state index in [1.54, 1.807) is 0 Å². The highest BCUT2D eigenvalue weighted by Crippen LogP contribution is 2.27. The predicted octanol–water partition coefficient (Wildman–Crippen LogP) is 5.10. The van der Waals surface area contributed by atoms with E-state index >= 15 is 0 Å². The minimum Gasteiger partial charge on any atom is -0.444 e. The number of nitrogens with zero attached hydrogens (tertiary/aromatic N) is 3. The number of carbonyl (C=O) groups is 1. The zero-order valence-electron chi connectivity index (χ0n) is 19.6. The molecule has 34 heavy (non-hydrogen) atoms. The molecule has 1 aliphatic carbocycles. The molecule has 1 aliphatic rings. The Bertz CT molecular complexity index is 1010. The molecule has 0 radical (unpaired) electrons. The van der Waals surface area contributed by atoms with Crippen LogP contribution in [0.15, 0.2) is 30.5 Å². The number of alkyl carbamates (subject to hydrolysis) is 1. The number of aromatic nitrogens is 2. The first kappa shape index (κ1) is 25.9. The van der Waals surface area contributed by atoms with Crippen LogP contribution in [0.4, 0.5) is 22.2 Å². The molecule has 1 aromatic carbocycles. The number of nitrogens with one attached hydrogen (secondary N) is 3. The lowest BCUT2D eigenvalue weighted by atomic mass is 9.86. The lowest BCUT2D eigenvalue weighted by Gasteiger charge is -2.30. The standard InChI is InChI=1S/C23H31IN6O4/c1-23(2,3)34-22(31)28-17-10-8-15(9-11-17)12-25-20-19(30(32)33)14-27-21(29-20)26-13-16-6-4-5-7-18(16)24/h4-7,14-15,17H,8-13H2,1-3H3,(H,28,31)(H2,25,26,27,29). The summed E-state index contributed by atoms with van der Waals surface area (Å²) in [5.74, 6) is 0.867. The van der Waals surface area contributed by atoms with Crippen LogP contribution in [0, 0.1) is 19.6 Å². The minimum atomic E-state index is -0.523. The molecular formula is C23H31IN6O4. The van der Waals surface area contributed by atoms with Crippen molar-refractivity contribution in [1.29, 1.82) is 0 Å².